The van der Waals surface area contributed by atoms with E-state index in [1.165, 1.54) is 16.7 Å². The lowest BCUT2D eigenvalue weighted by Crippen LogP contribution is -2.15. The maximum absolute atomic E-state index is 2.24. The Bertz CT molecular complexity index is 375. The number of likely N-dealkylation sites (N-methyl/N-ethyl adjacent to an activating group) is 1. The number of nitrogens with zero attached hydrogens (tertiary/aromatic N) is 1. The van der Waals surface area contributed by atoms with Crippen molar-refractivity contribution in [1.29, 1.82) is 0 Å². The average Bonchev–Trinajstić information content (AvgIpc) is 2.44. The van der Waals surface area contributed by atoms with E-state index in [1.54, 1.807) is 5.57 Å². The van der Waals surface area contributed by atoms with E-state index >= 15 is 0 Å². The molecule has 1 aliphatic rings. The number of hydrogen-bond donors (Lipinski definition) is 0. The van der Waals surface area contributed by atoms with Crippen LogP contribution >= 0.6 is 0 Å². The van der Waals surface area contributed by atoms with Crippen molar-refractivity contribution in [2.24, 2.45) is 0 Å². The van der Waals surface area contributed by atoms with Crippen LogP contribution < -0.4 is 0 Å². The molecule has 0 unspecified atom stereocenters. The van der Waals surface area contributed by atoms with E-state index in [-0.39, 0.29) is 0 Å². The summed E-state index contributed by atoms with van der Waals surface area (Å²) in [5, 5.41) is 0. The van der Waals surface area contributed by atoms with Crippen LogP contribution in [0.2, 0.25) is 0 Å². The normalized spacial score (nSPS) is 15.1. The fraction of sp³-hybridized carbons (Fsp3) is 0.385. The molecule has 0 saturated heterocycles. The third-order valence-electron chi connectivity index (χ3n) is 2.86. The van der Waals surface area contributed by atoms with Crippen molar-refractivity contribution >= 4 is 5.57 Å². The third-order valence-corrected chi connectivity index (χ3v) is 2.86. The molecule has 2 rings (SSSR count). The molecule has 0 radical (unpaired) electrons. The second kappa shape index (κ2) is 3.58. The molecular weight excluding hydrogens is 170 g/mol. The first-order chi connectivity index (χ1) is 6.68. The Labute approximate surface area is 86.1 Å². The van der Waals surface area contributed by atoms with Crippen molar-refractivity contribution in [1.82, 2.24) is 4.90 Å². The van der Waals surface area contributed by atoms with Crippen LogP contribution in [0.4, 0.5) is 0 Å². The Balaban J connectivity index is 2.30. The van der Waals surface area contributed by atoms with Gasteiger partial charge in [-0.15, -0.1) is 0 Å². The van der Waals surface area contributed by atoms with Gasteiger partial charge in [-0.1, -0.05) is 24.3 Å². The predicted molar refractivity (Wildman–Crippen MR) is 61.3 cm³/mol. The van der Waals surface area contributed by atoms with Gasteiger partial charge < -0.3 is 4.90 Å². The fourth-order valence-corrected chi connectivity index (χ4v) is 2.15. The van der Waals surface area contributed by atoms with E-state index in [4.69, 9.17) is 0 Å². The van der Waals surface area contributed by atoms with Gasteiger partial charge in [0.15, 0.2) is 0 Å². The van der Waals surface area contributed by atoms with Gasteiger partial charge in [0.05, 0.1) is 0 Å². The lowest BCUT2D eigenvalue weighted by Gasteiger charge is -2.11. The molecule has 0 heterocycles. The monoisotopic (exact) mass is 187 g/mol. The van der Waals surface area contributed by atoms with Crippen LogP contribution in [0.25, 0.3) is 5.57 Å². The zero-order chi connectivity index (χ0) is 10.1. The molecule has 0 amide bonds. The molecule has 0 saturated carbocycles. The summed E-state index contributed by atoms with van der Waals surface area (Å²) >= 11 is 0. The molecule has 1 heteroatoms. The number of hydrogen-bond acceptors (Lipinski definition) is 1. The molecular formula is C13H17N. The van der Waals surface area contributed by atoms with E-state index in [1.807, 2.05) is 0 Å². The second-order valence-electron chi connectivity index (χ2n) is 4.30. The predicted octanol–water partition coefficient (Wildman–Crippen LogP) is 2.58. The SMILES string of the molecule is CC1=C(CN(C)C)Cc2ccccc21. The van der Waals surface area contributed by atoms with E-state index in [9.17, 15) is 0 Å². The lowest BCUT2D eigenvalue weighted by molar-refractivity contribution is 0.443. The van der Waals surface area contributed by atoms with Gasteiger partial charge in [0.2, 0.25) is 0 Å². The Morgan fingerprint density at radius 1 is 1.21 bits per heavy atom. The standard InChI is InChI=1S/C13H17N/c1-10-12(9-14(2)3)8-11-6-4-5-7-13(10)11/h4-7H,8-9H2,1-3H3. The smallest absolute Gasteiger partial charge is 0.0196 e. The minimum Gasteiger partial charge on any atom is -0.305 e. The van der Waals surface area contributed by atoms with Crippen molar-refractivity contribution in [2.75, 3.05) is 20.6 Å². The maximum Gasteiger partial charge on any atom is 0.0196 e. The van der Waals surface area contributed by atoms with Crippen LogP contribution in [0, 0.1) is 0 Å². The zero-order valence-electron chi connectivity index (χ0n) is 9.17. The molecule has 0 aromatic heterocycles. The van der Waals surface area contributed by atoms with Gasteiger partial charge >= 0.3 is 0 Å². The van der Waals surface area contributed by atoms with Crippen LogP contribution in [0.1, 0.15) is 18.1 Å². The first-order valence-corrected chi connectivity index (χ1v) is 5.10. The molecule has 0 fully saturated rings. The molecule has 0 spiro atoms. The first-order valence-electron chi connectivity index (χ1n) is 5.10. The van der Waals surface area contributed by atoms with Crippen LogP contribution in [0.5, 0.6) is 0 Å². The van der Waals surface area contributed by atoms with Crippen molar-refractivity contribution < 1.29 is 0 Å². The van der Waals surface area contributed by atoms with Gasteiger partial charge in [0, 0.05) is 6.54 Å². The van der Waals surface area contributed by atoms with Crippen LogP contribution in [-0.4, -0.2) is 25.5 Å². The van der Waals surface area contributed by atoms with Crippen molar-refractivity contribution in [2.45, 2.75) is 13.3 Å². The highest BCUT2D eigenvalue weighted by molar-refractivity contribution is 5.75. The van der Waals surface area contributed by atoms with Crippen LogP contribution in [0.15, 0.2) is 29.8 Å². The maximum atomic E-state index is 2.24. The highest BCUT2D eigenvalue weighted by Gasteiger charge is 2.17. The fourth-order valence-electron chi connectivity index (χ4n) is 2.15. The summed E-state index contributed by atoms with van der Waals surface area (Å²) in [5.74, 6) is 0. The highest BCUT2D eigenvalue weighted by Crippen LogP contribution is 2.32. The minimum absolute atomic E-state index is 1.08. The van der Waals surface area contributed by atoms with E-state index < -0.39 is 0 Å². The molecule has 0 bridgehead atoms. The second-order valence-corrected chi connectivity index (χ2v) is 4.30. The molecule has 14 heavy (non-hydrogen) atoms. The van der Waals surface area contributed by atoms with Gasteiger partial charge in [-0.25, -0.2) is 0 Å². The molecule has 1 aromatic rings. The topological polar surface area (TPSA) is 3.24 Å². The number of rotatable bonds is 2. The summed E-state index contributed by atoms with van der Waals surface area (Å²) in [6.45, 7) is 3.32. The molecule has 1 nitrogen and oxygen atoms in total. The first kappa shape index (κ1) is 9.47. The van der Waals surface area contributed by atoms with Gasteiger partial charge in [-0.3, -0.25) is 0 Å². The van der Waals surface area contributed by atoms with E-state index in [0.29, 0.717) is 0 Å². The van der Waals surface area contributed by atoms with Crippen molar-refractivity contribution in [3.8, 4) is 0 Å². The summed E-state index contributed by atoms with van der Waals surface area (Å²) in [5.41, 5.74) is 5.98. The number of allylic oxidation sites excluding steroid dienone is 1. The molecule has 0 N–H and O–H groups in total. The zero-order valence-corrected chi connectivity index (χ0v) is 9.17. The van der Waals surface area contributed by atoms with Crippen LogP contribution in [-0.2, 0) is 6.42 Å². The molecule has 0 atom stereocenters. The summed E-state index contributed by atoms with van der Waals surface area (Å²) in [7, 11) is 4.26. The number of fused-ring (bicyclic) bond motifs is 1. The Morgan fingerprint density at radius 2 is 1.93 bits per heavy atom. The molecule has 1 aliphatic carbocycles. The van der Waals surface area contributed by atoms with E-state index in [2.05, 4.69) is 50.2 Å². The van der Waals surface area contributed by atoms with Crippen molar-refractivity contribution in [3.63, 3.8) is 0 Å². The van der Waals surface area contributed by atoms with Gasteiger partial charge in [-0.2, -0.15) is 0 Å². The summed E-state index contributed by atoms with van der Waals surface area (Å²) in [4.78, 5) is 2.24. The summed E-state index contributed by atoms with van der Waals surface area (Å²) < 4.78 is 0. The Hall–Kier alpha value is -1.08. The molecule has 1 aromatic carbocycles. The van der Waals surface area contributed by atoms with Crippen LogP contribution in [0.3, 0.4) is 0 Å². The Morgan fingerprint density at radius 3 is 2.57 bits per heavy atom. The van der Waals surface area contributed by atoms with Gasteiger partial charge in [-0.05, 0) is 49.7 Å². The third kappa shape index (κ3) is 1.60. The average molecular weight is 187 g/mol. The van der Waals surface area contributed by atoms with Crippen molar-refractivity contribution in [3.05, 3.63) is 41.0 Å². The largest absolute Gasteiger partial charge is 0.305 e. The molecule has 74 valence electrons. The quantitative estimate of drug-likeness (QED) is 0.688. The van der Waals surface area contributed by atoms with Gasteiger partial charge in [0.1, 0.15) is 0 Å². The summed E-state index contributed by atoms with van der Waals surface area (Å²) in [6, 6.07) is 8.72. The highest BCUT2D eigenvalue weighted by atomic mass is 15.0. The minimum atomic E-state index is 1.08. The Kier molecular flexibility index (Phi) is 2.42. The van der Waals surface area contributed by atoms with E-state index in [0.717, 1.165) is 13.0 Å². The van der Waals surface area contributed by atoms with Gasteiger partial charge in [0.25, 0.3) is 0 Å². The molecule has 0 aliphatic heterocycles. The summed E-state index contributed by atoms with van der Waals surface area (Å²) in [6.07, 6.45) is 1.14. The lowest BCUT2D eigenvalue weighted by atomic mass is 10.1. The number of benzene rings is 1.